The monoisotopic (exact) mass is 226 g/mol. The van der Waals surface area contributed by atoms with Gasteiger partial charge in [-0.15, -0.1) is 5.43 Å². The average molecular weight is 226 g/mol. The van der Waals surface area contributed by atoms with Crippen LogP contribution >= 0.6 is 0 Å². The zero-order valence-corrected chi connectivity index (χ0v) is 9.43. The lowest BCUT2D eigenvalue weighted by molar-refractivity contribution is -0.524. The lowest BCUT2D eigenvalue weighted by atomic mass is 10.4. The smallest absolute Gasteiger partial charge is 0.266 e. The summed E-state index contributed by atoms with van der Waals surface area (Å²) in [7, 11) is 2.98. The predicted molar refractivity (Wildman–Crippen MR) is 57.6 cm³/mol. The highest BCUT2D eigenvalue weighted by Gasteiger charge is 2.09. The maximum absolute atomic E-state index is 10.9. The molecule has 7 nitrogen and oxygen atoms in total. The van der Waals surface area contributed by atoms with Gasteiger partial charge in [0.2, 0.25) is 11.6 Å². The van der Waals surface area contributed by atoms with E-state index in [1.165, 1.54) is 14.2 Å². The minimum absolute atomic E-state index is 0.263. The topological polar surface area (TPSA) is 81.8 Å². The van der Waals surface area contributed by atoms with Crippen LogP contribution in [0.15, 0.2) is 17.4 Å². The van der Waals surface area contributed by atoms with Crippen LogP contribution in [0.5, 0.6) is 11.8 Å². The first kappa shape index (κ1) is 12.0. The number of aromatic nitrogens is 1. The van der Waals surface area contributed by atoms with Crippen molar-refractivity contribution >= 4 is 5.69 Å². The van der Waals surface area contributed by atoms with Gasteiger partial charge in [-0.1, -0.05) is 0 Å². The minimum atomic E-state index is 0.263. The van der Waals surface area contributed by atoms with Crippen LogP contribution in [0.1, 0.15) is 6.92 Å². The van der Waals surface area contributed by atoms with E-state index >= 15 is 0 Å². The number of ether oxygens (including phenoxy) is 2. The number of rotatable bonds is 5. The van der Waals surface area contributed by atoms with Crippen LogP contribution in [0.4, 0.5) is 5.69 Å². The highest BCUT2D eigenvalue weighted by molar-refractivity contribution is 5.52. The first-order valence-electron chi connectivity index (χ1n) is 4.71. The van der Waals surface area contributed by atoms with Crippen molar-refractivity contribution in [3.8, 4) is 11.8 Å². The molecule has 0 atom stereocenters. The fourth-order valence-corrected chi connectivity index (χ4v) is 0.958. The standard InChI is InChI=1S/C9H14N4O3/c1-4-13(14)12-11-7-5-6-8(15-2)10-9(7)16-3/h5-6,11H,4H2,1-3H3. The first-order valence-corrected chi connectivity index (χ1v) is 4.71. The van der Waals surface area contributed by atoms with Crippen molar-refractivity contribution in [2.45, 2.75) is 6.92 Å². The number of methoxy groups -OCH3 is 2. The Morgan fingerprint density at radius 2 is 2.19 bits per heavy atom. The number of nitrogens with one attached hydrogen (secondary N) is 1. The quantitative estimate of drug-likeness (QED) is 0.466. The molecule has 0 aliphatic carbocycles. The molecule has 1 N–H and O–H groups in total. The van der Waals surface area contributed by atoms with Gasteiger partial charge in [-0.3, -0.25) is 0 Å². The zero-order valence-electron chi connectivity index (χ0n) is 9.43. The van der Waals surface area contributed by atoms with Gasteiger partial charge in [-0.05, 0) is 13.0 Å². The van der Waals surface area contributed by atoms with E-state index in [0.29, 0.717) is 22.3 Å². The van der Waals surface area contributed by atoms with Crippen molar-refractivity contribution in [1.82, 2.24) is 4.98 Å². The summed E-state index contributed by atoms with van der Waals surface area (Å²) in [4.78, 5) is 4.54. The Morgan fingerprint density at radius 1 is 1.44 bits per heavy atom. The Labute approximate surface area is 93.3 Å². The summed E-state index contributed by atoms with van der Waals surface area (Å²) < 4.78 is 9.96. The molecule has 88 valence electrons. The van der Waals surface area contributed by atoms with Crippen molar-refractivity contribution in [1.29, 1.82) is 0 Å². The van der Waals surface area contributed by atoms with E-state index < -0.39 is 0 Å². The molecule has 0 unspecified atom stereocenters. The number of hydroxylamine groups is 1. The van der Waals surface area contributed by atoms with Gasteiger partial charge >= 0.3 is 0 Å². The normalized spacial score (nSPS) is 11.1. The third kappa shape index (κ3) is 2.97. The fraction of sp³-hybridized carbons (Fsp3) is 0.444. The molecule has 1 aromatic rings. The van der Waals surface area contributed by atoms with Gasteiger partial charge < -0.3 is 14.7 Å². The largest absolute Gasteiger partial charge is 0.696 e. The third-order valence-corrected chi connectivity index (χ3v) is 1.79. The Morgan fingerprint density at radius 3 is 2.75 bits per heavy atom. The van der Waals surface area contributed by atoms with Crippen molar-refractivity contribution < 1.29 is 14.3 Å². The molecule has 1 aromatic heterocycles. The Kier molecular flexibility index (Phi) is 4.31. The van der Waals surface area contributed by atoms with Gasteiger partial charge in [0.05, 0.1) is 19.4 Å². The molecular weight excluding hydrogens is 212 g/mol. The van der Waals surface area contributed by atoms with E-state index in [1.807, 2.05) is 0 Å². The maximum atomic E-state index is 10.9. The lowest BCUT2D eigenvalue weighted by Gasteiger charge is -2.05. The summed E-state index contributed by atoms with van der Waals surface area (Å²) >= 11 is 0. The molecule has 0 aliphatic rings. The van der Waals surface area contributed by atoms with Crippen molar-refractivity contribution in [2.24, 2.45) is 5.22 Å². The SMILES string of the molecule is CC[N+]([O-])=NNc1ccc(OC)nc1OC. The molecule has 0 saturated carbocycles. The number of nitrogens with zero attached hydrogens (tertiary/aromatic N) is 3. The number of hydrogen-bond acceptors (Lipinski definition) is 5. The lowest BCUT2D eigenvalue weighted by Crippen LogP contribution is -2.04. The second-order valence-corrected chi connectivity index (χ2v) is 2.79. The van der Waals surface area contributed by atoms with E-state index in [-0.39, 0.29) is 6.54 Å². The van der Waals surface area contributed by atoms with E-state index in [0.717, 1.165) is 0 Å². The third-order valence-electron chi connectivity index (χ3n) is 1.79. The molecule has 0 fully saturated rings. The number of anilines is 1. The molecule has 0 aromatic carbocycles. The Balaban J connectivity index is 2.87. The maximum Gasteiger partial charge on any atom is 0.266 e. The fourth-order valence-electron chi connectivity index (χ4n) is 0.958. The van der Waals surface area contributed by atoms with E-state index in [9.17, 15) is 5.21 Å². The molecular formula is C9H14N4O3. The van der Waals surface area contributed by atoms with Crippen LogP contribution in [0.3, 0.4) is 0 Å². The van der Waals surface area contributed by atoms with E-state index in [2.05, 4.69) is 15.6 Å². The average Bonchev–Trinajstić information content (AvgIpc) is 2.35. The summed E-state index contributed by atoms with van der Waals surface area (Å²) in [6, 6.07) is 3.30. The van der Waals surface area contributed by atoms with Gasteiger partial charge in [0.1, 0.15) is 6.54 Å². The zero-order chi connectivity index (χ0) is 12.0. The van der Waals surface area contributed by atoms with Gasteiger partial charge in [-0.2, -0.15) is 9.84 Å². The van der Waals surface area contributed by atoms with Crippen LogP contribution in [0.25, 0.3) is 0 Å². The molecule has 0 radical (unpaired) electrons. The van der Waals surface area contributed by atoms with Crippen molar-refractivity contribution in [3.05, 3.63) is 17.3 Å². The van der Waals surface area contributed by atoms with Gasteiger partial charge in [0, 0.05) is 6.07 Å². The van der Waals surface area contributed by atoms with Crippen molar-refractivity contribution in [3.63, 3.8) is 0 Å². The molecule has 16 heavy (non-hydrogen) atoms. The highest BCUT2D eigenvalue weighted by Crippen LogP contribution is 2.24. The van der Waals surface area contributed by atoms with Crippen LogP contribution in [0.2, 0.25) is 0 Å². The molecule has 7 heteroatoms. The van der Waals surface area contributed by atoms with Crippen LogP contribution in [-0.4, -0.2) is 30.6 Å². The molecule has 0 bridgehead atoms. The molecule has 1 rings (SSSR count). The Hall–Kier alpha value is -2.05. The van der Waals surface area contributed by atoms with Gasteiger partial charge in [0.25, 0.3) is 5.88 Å². The summed E-state index contributed by atoms with van der Waals surface area (Å²) in [5.41, 5.74) is 3.06. The number of pyridine rings is 1. The molecule has 1 heterocycles. The first-order chi connectivity index (χ1) is 7.71. The van der Waals surface area contributed by atoms with Crippen LogP contribution in [0, 0.1) is 5.21 Å². The molecule has 0 spiro atoms. The van der Waals surface area contributed by atoms with Crippen LogP contribution < -0.4 is 14.9 Å². The summed E-state index contributed by atoms with van der Waals surface area (Å²) in [5.74, 6) is 0.740. The van der Waals surface area contributed by atoms with Gasteiger partial charge in [0.15, 0.2) is 0 Å². The summed E-state index contributed by atoms with van der Waals surface area (Å²) in [6.45, 7) is 1.96. The second kappa shape index (κ2) is 5.74. The number of hydrogen-bond donors (Lipinski definition) is 1. The predicted octanol–water partition coefficient (Wildman–Crippen LogP) is 1.41. The van der Waals surface area contributed by atoms with Crippen molar-refractivity contribution in [2.75, 3.05) is 26.2 Å². The van der Waals surface area contributed by atoms with E-state index in [4.69, 9.17) is 9.47 Å². The second-order valence-electron chi connectivity index (χ2n) is 2.79. The van der Waals surface area contributed by atoms with E-state index in [1.54, 1.807) is 19.1 Å². The summed E-state index contributed by atoms with van der Waals surface area (Å²) in [5, 5.41) is 14.5. The van der Waals surface area contributed by atoms with Crippen LogP contribution in [-0.2, 0) is 0 Å². The van der Waals surface area contributed by atoms with Gasteiger partial charge in [-0.25, -0.2) is 0 Å². The Bertz CT molecular complexity index is 381. The molecule has 0 saturated heterocycles. The summed E-state index contributed by atoms with van der Waals surface area (Å²) in [6.07, 6.45) is 0. The minimum Gasteiger partial charge on any atom is -0.696 e. The molecule has 0 aliphatic heterocycles. The molecule has 0 amide bonds. The highest BCUT2D eigenvalue weighted by atomic mass is 16.5.